The molecule has 19 heavy (non-hydrogen) atoms. The minimum atomic E-state index is -0.519. The highest BCUT2D eigenvalue weighted by Gasteiger charge is 2.24. The van der Waals surface area contributed by atoms with Crippen molar-refractivity contribution in [1.82, 2.24) is 9.80 Å². The summed E-state index contributed by atoms with van der Waals surface area (Å²) in [6, 6.07) is 4.09. The first-order valence-corrected chi connectivity index (χ1v) is 6.46. The Morgan fingerprint density at radius 3 is 2.95 bits per heavy atom. The first-order chi connectivity index (χ1) is 8.97. The molecule has 5 heteroatoms. The van der Waals surface area contributed by atoms with Crippen LogP contribution < -0.4 is 5.73 Å². The summed E-state index contributed by atoms with van der Waals surface area (Å²) in [7, 11) is 3.78. The van der Waals surface area contributed by atoms with Crippen LogP contribution >= 0.6 is 0 Å². The highest BCUT2D eigenvalue weighted by Crippen LogP contribution is 2.18. The standard InChI is InChI=1S/C14H20FN3O/c1-17-6-5-10(8-17)9-18(2)14(19)12-7-11(16)3-4-13(12)15/h3-4,7,10H,5-6,8-9,16H2,1-2H3. The van der Waals surface area contributed by atoms with Crippen molar-refractivity contribution in [1.29, 1.82) is 0 Å². The van der Waals surface area contributed by atoms with Crippen LogP contribution in [0.5, 0.6) is 0 Å². The maximum Gasteiger partial charge on any atom is 0.256 e. The lowest BCUT2D eigenvalue weighted by molar-refractivity contribution is 0.0769. The number of amides is 1. The van der Waals surface area contributed by atoms with Crippen LogP contribution in [0.15, 0.2) is 18.2 Å². The molecule has 1 aliphatic heterocycles. The molecule has 0 aromatic heterocycles. The van der Waals surface area contributed by atoms with Gasteiger partial charge in [-0.2, -0.15) is 0 Å². The van der Waals surface area contributed by atoms with Crippen LogP contribution in [0.4, 0.5) is 10.1 Å². The molecule has 0 aliphatic carbocycles. The normalized spacial score (nSPS) is 19.6. The monoisotopic (exact) mass is 265 g/mol. The van der Waals surface area contributed by atoms with Crippen LogP contribution in [-0.4, -0.2) is 49.4 Å². The van der Waals surface area contributed by atoms with E-state index in [4.69, 9.17) is 5.73 Å². The van der Waals surface area contributed by atoms with E-state index in [0.717, 1.165) is 19.5 Å². The van der Waals surface area contributed by atoms with E-state index in [1.54, 1.807) is 11.9 Å². The predicted octanol–water partition coefficient (Wildman–Crippen LogP) is 1.43. The van der Waals surface area contributed by atoms with E-state index in [-0.39, 0.29) is 11.5 Å². The molecule has 1 atom stereocenters. The molecule has 1 amide bonds. The van der Waals surface area contributed by atoms with Crippen LogP contribution in [0.2, 0.25) is 0 Å². The molecular weight excluding hydrogens is 245 g/mol. The number of nitrogens with zero attached hydrogens (tertiary/aromatic N) is 2. The number of likely N-dealkylation sites (tertiary alicyclic amines) is 1. The Morgan fingerprint density at radius 1 is 1.58 bits per heavy atom. The molecule has 0 bridgehead atoms. The zero-order valence-electron chi connectivity index (χ0n) is 11.4. The van der Waals surface area contributed by atoms with Crippen molar-refractivity contribution in [3.8, 4) is 0 Å². The Kier molecular flexibility index (Phi) is 4.04. The van der Waals surface area contributed by atoms with Crippen molar-refractivity contribution < 1.29 is 9.18 Å². The van der Waals surface area contributed by atoms with Crippen molar-refractivity contribution in [2.75, 3.05) is 39.5 Å². The van der Waals surface area contributed by atoms with E-state index in [1.807, 2.05) is 0 Å². The number of anilines is 1. The third-order valence-corrected chi connectivity index (χ3v) is 3.59. The lowest BCUT2D eigenvalue weighted by Gasteiger charge is -2.21. The van der Waals surface area contributed by atoms with Gasteiger partial charge in [0.1, 0.15) is 5.82 Å². The van der Waals surface area contributed by atoms with Crippen LogP contribution in [0.3, 0.4) is 0 Å². The average molecular weight is 265 g/mol. The van der Waals surface area contributed by atoms with Gasteiger partial charge in [0, 0.05) is 25.8 Å². The van der Waals surface area contributed by atoms with Crippen LogP contribution in [0.1, 0.15) is 16.8 Å². The number of carbonyl (C=O) groups is 1. The molecule has 2 N–H and O–H groups in total. The largest absolute Gasteiger partial charge is 0.399 e. The summed E-state index contributed by atoms with van der Waals surface area (Å²) >= 11 is 0. The molecule has 104 valence electrons. The second-order valence-corrected chi connectivity index (χ2v) is 5.34. The van der Waals surface area contributed by atoms with Crippen LogP contribution in [-0.2, 0) is 0 Å². The van der Waals surface area contributed by atoms with Crippen LogP contribution in [0, 0.1) is 11.7 Å². The molecule has 0 radical (unpaired) electrons. The van der Waals surface area contributed by atoms with E-state index in [1.165, 1.54) is 18.2 Å². The van der Waals surface area contributed by atoms with Gasteiger partial charge < -0.3 is 15.5 Å². The molecule has 1 aliphatic rings. The first kappa shape index (κ1) is 13.8. The van der Waals surface area contributed by atoms with Gasteiger partial charge in [0.15, 0.2) is 0 Å². The topological polar surface area (TPSA) is 49.6 Å². The molecule has 1 fully saturated rings. The molecule has 2 rings (SSSR count). The predicted molar refractivity (Wildman–Crippen MR) is 73.4 cm³/mol. The number of hydrogen-bond acceptors (Lipinski definition) is 3. The highest BCUT2D eigenvalue weighted by molar-refractivity contribution is 5.95. The summed E-state index contributed by atoms with van der Waals surface area (Å²) in [6.07, 6.45) is 1.08. The molecule has 1 saturated heterocycles. The Balaban J connectivity index is 2.04. The third kappa shape index (κ3) is 3.23. The van der Waals surface area contributed by atoms with E-state index in [2.05, 4.69) is 11.9 Å². The number of rotatable bonds is 3. The SMILES string of the molecule is CN1CCC(CN(C)C(=O)c2cc(N)ccc2F)C1. The molecule has 1 unspecified atom stereocenters. The van der Waals surface area contributed by atoms with Crippen molar-refractivity contribution >= 4 is 11.6 Å². The summed E-state index contributed by atoms with van der Waals surface area (Å²) in [5.74, 6) is -0.364. The number of benzene rings is 1. The molecule has 1 heterocycles. The number of nitrogens with two attached hydrogens (primary N) is 1. The molecule has 0 saturated carbocycles. The fraction of sp³-hybridized carbons (Fsp3) is 0.500. The van der Waals surface area contributed by atoms with E-state index < -0.39 is 5.82 Å². The second kappa shape index (κ2) is 5.57. The van der Waals surface area contributed by atoms with Crippen molar-refractivity contribution in [3.63, 3.8) is 0 Å². The Labute approximate surface area is 113 Å². The average Bonchev–Trinajstić information content (AvgIpc) is 2.77. The van der Waals surface area contributed by atoms with Gasteiger partial charge in [0.05, 0.1) is 5.56 Å². The van der Waals surface area contributed by atoms with Gasteiger partial charge in [0.25, 0.3) is 5.91 Å². The number of halogens is 1. The lowest BCUT2D eigenvalue weighted by Crippen LogP contribution is -2.33. The lowest BCUT2D eigenvalue weighted by atomic mass is 10.1. The van der Waals surface area contributed by atoms with Crippen molar-refractivity contribution in [3.05, 3.63) is 29.6 Å². The zero-order valence-corrected chi connectivity index (χ0v) is 11.4. The molecular formula is C14H20FN3O. The molecule has 4 nitrogen and oxygen atoms in total. The fourth-order valence-electron chi connectivity index (χ4n) is 2.56. The highest BCUT2D eigenvalue weighted by atomic mass is 19.1. The zero-order chi connectivity index (χ0) is 14.0. The van der Waals surface area contributed by atoms with Gasteiger partial charge in [-0.1, -0.05) is 0 Å². The summed E-state index contributed by atoms with van der Waals surface area (Å²) in [6.45, 7) is 2.69. The smallest absolute Gasteiger partial charge is 0.256 e. The fourth-order valence-corrected chi connectivity index (χ4v) is 2.56. The van der Waals surface area contributed by atoms with Gasteiger partial charge >= 0.3 is 0 Å². The van der Waals surface area contributed by atoms with Gasteiger partial charge in [0.2, 0.25) is 0 Å². The van der Waals surface area contributed by atoms with Gasteiger partial charge in [-0.05, 0) is 44.1 Å². The van der Waals surface area contributed by atoms with Gasteiger partial charge in [-0.3, -0.25) is 4.79 Å². The third-order valence-electron chi connectivity index (χ3n) is 3.59. The summed E-state index contributed by atoms with van der Waals surface area (Å²) in [5, 5.41) is 0. The number of carbonyl (C=O) groups excluding carboxylic acids is 1. The number of nitrogen functional groups attached to an aromatic ring is 1. The summed E-state index contributed by atoms with van der Waals surface area (Å²) in [4.78, 5) is 16.0. The van der Waals surface area contributed by atoms with E-state index >= 15 is 0 Å². The minimum absolute atomic E-state index is 0.0499. The van der Waals surface area contributed by atoms with Crippen molar-refractivity contribution in [2.24, 2.45) is 5.92 Å². The van der Waals surface area contributed by atoms with Gasteiger partial charge in [-0.15, -0.1) is 0 Å². The van der Waals surface area contributed by atoms with Crippen molar-refractivity contribution in [2.45, 2.75) is 6.42 Å². The quantitative estimate of drug-likeness (QED) is 0.841. The summed E-state index contributed by atoms with van der Waals surface area (Å²) in [5.41, 5.74) is 6.05. The van der Waals surface area contributed by atoms with E-state index in [9.17, 15) is 9.18 Å². The Bertz CT molecular complexity index is 478. The maximum absolute atomic E-state index is 13.6. The molecule has 0 spiro atoms. The van der Waals surface area contributed by atoms with E-state index in [0.29, 0.717) is 18.2 Å². The second-order valence-electron chi connectivity index (χ2n) is 5.34. The Morgan fingerprint density at radius 2 is 2.32 bits per heavy atom. The first-order valence-electron chi connectivity index (χ1n) is 6.46. The summed E-state index contributed by atoms with van der Waals surface area (Å²) < 4.78 is 13.6. The Hall–Kier alpha value is -1.62. The molecule has 1 aromatic rings. The maximum atomic E-state index is 13.6. The van der Waals surface area contributed by atoms with Crippen LogP contribution in [0.25, 0.3) is 0 Å². The van der Waals surface area contributed by atoms with Gasteiger partial charge in [-0.25, -0.2) is 4.39 Å². The minimum Gasteiger partial charge on any atom is -0.399 e. The number of hydrogen-bond donors (Lipinski definition) is 1. The molecule has 1 aromatic carbocycles.